The van der Waals surface area contributed by atoms with E-state index >= 15 is 0 Å². The zero-order valence-corrected chi connectivity index (χ0v) is 17.4. The molecule has 0 saturated heterocycles. The molecule has 30 heavy (non-hydrogen) atoms. The normalized spacial score (nSPS) is 18.8. The molecule has 0 aliphatic carbocycles. The number of aliphatic hydroxyl groups is 1. The monoisotopic (exact) mass is 407 g/mol. The van der Waals surface area contributed by atoms with E-state index in [1.165, 1.54) is 6.07 Å². The highest BCUT2D eigenvalue weighted by Crippen LogP contribution is 2.42. The lowest BCUT2D eigenvalue weighted by Gasteiger charge is -2.31. The number of pyridine rings is 1. The third-order valence-electron chi connectivity index (χ3n) is 5.46. The van der Waals surface area contributed by atoms with E-state index in [1.807, 2.05) is 19.1 Å². The van der Waals surface area contributed by atoms with Gasteiger partial charge in [-0.25, -0.2) is 0 Å². The second-order valence-electron chi connectivity index (χ2n) is 8.60. The molecule has 0 bridgehead atoms. The van der Waals surface area contributed by atoms with Gasteiger partial charge in [0.25, 0.3) is 0 Å². The fourth-order valence-electron chi connectivity index (χ4n) is 3.94. The van der Waals surface area contributed by atoms with Crippen LogP contribution in [-0.4, -0.2) is 31.1 Å². The van der Waals surface area contributed by atoms with Crippen LogP contribution in [0.4, 0.5) is 0 Å². The van der Waals surface area contributed by atoms with Crippen LogP contribution in [0, 0.1) is 0 Å². The molecule has 0 radical (unpaired) electrons. The Morgan fingerprint density at radius 1 is 1.27 bits per heavy atom. The molecular weight excluding hydrogens is 382 g/mol. The van der Waals surface area contributed by atoms with Gasteiger partial charge in [0.15, 0.2) is 0 Å². The lowest BCUT2D eigenvalue weighted by Crippen LogP contribution is -2.31. The maximum absolute atomic E-state index is 13.1. The van der Waals surface area contributed by atoms with Crippen molar-refractivity contribution >= 4 is 27.9 Å². The van der Waals surface area contributed by atoms with Gasteiger partial charge in [0.05, 0.1) is 33.0 Å². The van der Waals surface area contributed by atoms with Crippen LogP contribution >= 0.6 is 0 Å². The first-order valence-electron chi connectivity index (χ1n) is 9.79. The molecule has 6 heteroatoms. The largest absolute Gasteiger partial charge is 0.506 e. The van der Waals surface area contributed by atoms with Gasteiger partial charge in [-0.15, -0.1) is 0 Å². The van der Waals surface area contributed by atoms with E-state index in [9.17, 15) is 20.1 Å². The summed E-state index contributed by atoms with van der Waals surface area (Å²) in [6.07, 6.45) is 7.69. The van der Waals surface area contributed by atoms with Crippen LogP contribution in [0.15, 0.2) is 47.3 Å². The molecule has 0 spiro atoms. The van der Waals surface area contributed by atoms with Crippen molar-refractivity contribution < 1.29 is 20.1 Å². The second-order valence-corrected chi connectivity index (χ2v) is 8.60. The summed E-state index contributed by atoms with van der Waals surface area (Å²) in [7, 11) is 1.74. The van der Waals surface area contributed by atoms with Crippen molar-refractivity contribution in [3.05, 3.63) is 58.3 Å². The van der Waals surface area contributed by atoms with Gasteiger partial charge < -0.3 is 24.6 Å². The fourth-order valence-corrected chi connectivity index (χ4v) is 3.94. The Balaban J connectivity index is 1.90. The molecule has 1 aliphatic heterocycles. The number of hydrogen-bond acceptors (Lipinski definition) is 5. The molecule has 3 aromatic rings. The average molecular weight is 407 g/mol. The van der Waals surface area contributed by atoms with Crippen LogP contribution in [0.2, 0.25) is 0 Å². The van der Waals surface area contributed by atoms with Crippen molar-refractivity contribution in [3.63, 3.8) is 0 Å². The Kier molecular flexibility index (Phi) is 4.43. The molecule has 1 aliphatic rings. The number of phenolic OH excluding ortho intramolecular Hbond substituents is 2. The van der Waals surface area contributed by atoms with E-state index in [2.05, 4.69) is 0 Å². The summed E-state index contributed by atoms with van der Waals surface area (Å²) in [5, 5.41) is 31.6. The zero-order valence-electron chi connectivity index (χ0n) is 17.4. The van der Waals surface area contributed by atoms with Gasteiger partial charge in [0.2, 0.25) is 5.43 Å². The van der Waals surface area contributed by atoms with E-state index in [0.29, 0.717) is 34.2 Å². The van der Waals surface area contributed by atoms with Gasteiger partial charge in [0, 0.05) is 19.5 Å². The Morgan fingerprint density at radius 2 is 2.00 bits per heavy atom. The topological polar surface area (TPSA) is 91.9 Å². The highest BCUT2D eigenvalue weighted by molar-refractivity contribution is 6.01. The summed E-state index contributed by atoms with van der Waals surface area (Å²) in [5.41, 5.74) is -0.617. The van der Waals surface area contributed by atoms with Crippen LogP contribution < -0.4 is 10.2 Å². The van der Waals surface area contributed by atoms with E-state index in [0.717, 1.165) is 0 Å². The molecule has 1 atom stereocenters. The zero-order chi connectivity index (χ0) is 21.8. The van der Waals surface area contributed by atoms with Crippen LogP contribution in [0.3, 0.4) is 0 Å². The van der Waals surface area contributed by atoms with Gasteiger partial charge >= 0.3 is 0 Å². The first-order valence-corrected chi connectivity index (χ1v) is 9.79. The molecule has 1 aromatic heterocycles. The SMILES string of the molecule is Cn1c2cc3c(c(O)c2c(=O)c2cccc(O)c21)C=CC(C)(C/C=C/C(C)(C)O)O3. The first kappa shape index (κ1) is 20.0. The van der Waals surface area contributed by atoms with Crippen LogP contribution in [0.25, 0.3) is 27.9 Å². The van der Waals surface area contributed by atoms with Gasteiger partial charge in [-0.1, -0.05) is 18.2 Å². The molecular formula is C24H25NO5. The Hall–Kier alpha value is -3.25. The molecule has 1 unspecified atom stereocenters. The number of rotatable bonds is 3. The number of hydrogen-bond donors (Lipinski definition) is 3. The molecule has 2 heterocycles. The Bertz CT molecular complexity index is 1290. The summed E-state index contributed by atoms with van der Waals surface area (Å²) in [5.74, 6) is 0.304. The van der Waals surface area contributed by atoms with E-state index in [-0.39, 0.29) is 22.3 Å². The van der Waals surface area contributed by atoms with Gasteiger partial charge in [-0.3, -0.25) is 4.79 Å². The third kappa shape index (κ3) is 3.23. The summed E-state index contributed by atoms with van der Waals surface area (Å²) in [6.45, 7) is 5.31. The lowest BCUT2D eigenvalue weighted by molar-refractivity contribution is 0.128. The van der Waals surface area contributed by atoms with Crippen molar-refractivity contribution in [2.45, 2.75) is 38.4 Å². The van der Waals surface area contributed by atoms with E-state index < -0.39 is 11.2 Å². The highest BCUT2D eigenvalue weighted by atomic mass is 16.5. The number of aromatic hydroxyl groups is 2. The summed E-state index contributed by atoms with van der Waals surface area (Å²) in [6, 6.07) is 6.49. The Morgan fingerprint density at radius 3 is 2.70 bits per heavy atom. The second kappa shape index (κ2) is 6.64. The Labute approximate surface area is 174 Å². The third-order valence-corrected chi connectivity index (χ3v) is 5.46. The maximum atomic E-state index is 13.1. The number of fused-ring (bicyclic) bond motifs is 3. The summed E-state index contributed by atoms with van der Waals surface area (Å²) >= 11 is 0. The smallest absolute Gasteiger partial charge is 0.201 e. The standard InChI is InChI=1S/C24H25NO5/c1-23(2,29)10-6-11-24(3)12-9-14-18(30-24)13-16-19(21(14)27)22(28)15-7-5-8-17(26)20(15)25(16)4/h5-10,12-13,26-27,29H,11H2,1-4H3/b10-6+. The molecule has 0 fully saturated rings. The van der Waals surface area contributed by atoms with Crippen molar-refractivity contribution in [3.8, 4) is 17.2 Å². The minimum Gasteiger partial charge on any atom is -0.506 e. The fraction of sp³-hybridized carbons (Fsp3) is 0.292. The number of ether oxygens (including phenoxy) is 1. The molecule has 156 valence electrons. The lowest BCUT2D eigenvalue weighted by atomic mass is 9.94. The average Bonchev–Trinajstić information content (AvgIpc) is 2.64. The highest BCUT2D eigenvalue weighted by Gasteiger charge is 2.30. The summed E-state index contributed by atoms with van der Waals surface area (Å²) in [4.78, 5) is 13.1. The predicted octanol–water partition coefficient (Wildman–Crippen LogP) is 3.98. The molecule has 6 nitrogen and oxygen atoms in total. The van der Waals surface area contributed by atoms with Crippen LogP contribution in [0.1, 0.15) is 32.8 Å². The molecule has 2 aromatic carbocycles. The van der Waals surface area contributed by atoms with Gasteiger partial charge in [-0.05, 0) is 45.1 Å². The van der Waals surface area contributed by atoms with Gasteiger partial charge in [0.1, 0.15) is 22.8 Å². The molecule has 4 rings (SSSR count). The number of aryl methyl sites for hydroxylation is 1. The molecule has 0 amide bonds. The number of nitrogens with zero attached hydrogens (tertiary/aromatic N) is 1. The molecule has 3 N–H and O–H groups in total. The number of benzene rings is 2. The van der Waals surface area contributed by atoms with E-state index in [1.54, 1.807) is 55.8 Å². The quantitative estimate of drug-likeness (QED) is 0.451. The van der Waals surface area contributed by atoms with Crippen LogP contribution in [0.5, 0.6) is 17.2 Å². The maximum Gasteiger partial charge on any atom is 0.201 e. The van der Waals surface area contributed by atoms with Crippen LogP contribution in [-0.2, 0) is 7.05 Å². The van der Waals surface area contributed by atoms with E-state index in [4.69, 9.17) is 4.74 Å². The van der Waals surface area contributed by atoms with Crippen molar-refractivity contribution in [1.82, 2.24) is 4.57 Å². The minimum absolute atomic E-state index is 0.00591. The van der Waals surface area contributed by atoms with Crippen molar-refractivity contribution in [2.24, 2.45) is 7.05 Å². The molecule has 0 saturated carbocycles. The minimum atomic E-state index is -0.914. The number of para-hydroxylation sites is 1. The number of phenols is 2. The summed E-state index contributed by atoms with van der Waals surface area (Å²) < 4.78 is 7.89. The predicted molar refractivity (Wildman–Crippen MR) is 118 cm³/mol. The van der Waals surface area contributed by atoms with Crippen molar-refractivity contribution in [1.29, 1.82) is 0 Å². The first-order chi connectivity index (χ1) is 14.0. The van der Waals surface area contributed by atoms with Gasteiger partial charge in [-0.2, -0.15) is 0 Å². The van der Waals surface area contributed by atoms with Crippen molar-refractivity contribution in [2.75, 3.05) is 0 Å². The number of aromatic nitrogens is 1.